The molecule has 0 rings (SSSR count). The van der Waals surface area contributed by atoms with Gasteiger partial charge in [0.2, 0.25) is 5.91 Å². The van der Waals surface area contributed by atoms with Crippen molar-refractivity contribution < 1.29 is 19.5 Å². The maximum absolute atomic E-state index is 11.6. The first-order valence-electron chi connectivity index (χ1n) is 5.79. The van der Waals surface area contributed by atoms with Crippen LogP contribution in [0.2, 0.25) is 0 Å². The molecule has 0 fully saturated rings. The highest BCUT2D eigenvalue weighted by Crippen LogP contribution is 2.25. The normalized spacial score (nSPS) is 10.8. The molecule has 0 spiro atoms. The number of hydrogen-bond acceptors (Lipinski definition) is 3. The molecular formula is C11H21N3O4. The van der Waals surface area contributed by atoms with Crippen molar-refractivity contribution in [1.29, 1.82) is 0 Å². The summed E-state index contributed by atoms with van der Waals surface area (Å²) < 4.78 is 0. The number of carbonyl (C=O) groups excluding carboxylic acids is 2. The van der Waals surface area contributed by atoms with Crippen LogP contribution >= 0.6 is 0 Å². The second-order valence-electron chi connectivity index (χ2n) is 4.27. The van der Waals surface area contributed by atoms with Crippen LogP contribution in [-0.4, -0.2) is 48.1 Å². The summed E-state index contributed by atoms with van der Waals surface area (Å²) in [5.41, 5.74) is 3.99. The molecule has 4 N–H and O–H groups in total. The van der Waals surface area contributed by atoms with Gasteiger partial charge in [-0.25, -0.2) is 4.79 Å². The molecule has 104 valence electrons. The molecule has 0 aromatic heterocycles. The van der Waals surface area contributed by atoms with E-state index in [1.807, 2.05) is 0 Å². The van der Waals surface area contributed by atoms with Crippen LogP contribution in [0, 0.1) is 5.41 Å². The van der Waals surface area contributed by atoms with Gasteiger partial charge in [0.25, 0.3) is 0 Å². The minimum Gasteiger partial charge on any atom is -0.481 e. The Morgan fingerprint density at radius 2 is 1.78 bits per heavy atom. The average molecular weight is 259 g/mol. The van der Waals surface area contributed by atoms with E-state index in [0.29, 0.717) is 12.8 Å². The van der Waals surface area contributed by atoms with E-state index in [1.165, 1.54) is 7.05 Å². The number of carboxylic acid groups (broad SMARTS) is 1. The van der Waals surface area contributed by atoms with Crippen LogP contribution in [0.4, 0.5) is 4.79 Å². The number of carbonyl (C=O) groups is 3. The van der Waals surface area contributed by atoms with E-state index >= 15 is 0 Å². The molecule has 0 atom stereocenters. The van der Waals surface area contributed by atoms with Gasteiger partial charge in [-0.15, -0.1) is 0 Å². The number of primary amides is 1. The number of aliphatic carboxylic acids is 1. The minimum atomic E-state index is -0.969. The second-order valence-corrected chi connectivity index (χ2v) is 4.27. The number of nitrogens with zero attached hydrogens (tertiary/aromatic N) is 1. The molecule has 0 unspecified atom stereocenters. The number of amides is 3. The number of urea groups is 1. The van der Waals surface area contributed by atoms with Crippen molar-refractivity contribution in [1.82, 2.24) is 10.2 Å². The Labute approximate surface area is 106 Å². The first kappa shape index (κ1) is 16.2. The smallest absolute Gasteiger partial charge is 0.317 e. The van der Waals surface area contributed by atoms with Gasteiger partial charge in [-0.1, -0.05) is 13.8 Å². The third kappa shape index (κ3) is 4.23. The average Bonchev–Trinajstić information content (AvgIpc) is 2.29. The van der Waals surface area contributed by atoms with Crippen molar-refractivity contribution in [2.24, 2.45) is 11.1 Å². The maximum atomic E-state index is 11.6. The number of hydrogen-bond donors (Lipinski definition) is 3. The molecule has 18 heavy (non-hydrogen) atoms. The van der Waals surface area contributed by atoms with Crippen LogP contribution in [-0.2, 0) is 9.59 Å². The summed E-state index contributed by atoms with van der Waals surface area (Å²) in [4.78, 5) is 34.6. The van der Waals surface area contributed by atoms with Gasteiger partial charge in [-0.3, -0.25) is 9.59 Å². The van der Waals surface area contributed by atoms with Crippen molar-refractivity contribution in [3.63, 3.8) is 0 Å². The molecule has 0 bridgehead atoms. The summed E-state index contributed by atoms with van der Waals surface area (Å²) >= 11 is 0. The molecule has 3 amide bonds. The van der Waals surface area contributed by atoms with Gasteiger partial charge in [0.15, 0.2) is 0 Å². The molecule has 0 heterocycles. The van der Waals surface area contributed by atoms with Gasteiger partial charge in [0.05, 0.1) is 5.41 Å². The zero-order valence-corrected chi connectivity index (χ0v) is 11.0. The van der Waals surface area contributed by atoms with Gasteiger partial charge >= 0.3 is 12.0 Å². The zero-order chi connectivity index (χ0) is 14.3. The molecule has 7 nitrogen and oxygen atoms in total. The fourth-order valence-corrected chi connectivity index (χ4v) is 1.56. The molecule has 0 saturated carbocycles. The Kier molecular flexibility index (Phi) is 6.15. The zero-order valence-electron chi connectivity index (χ0n) is 11.0. The summed E-state index contributed by atoms with van der Waals surface area (Å²) in [6.07, 6.45) is 0.831. The Bertz CT molecular complexity index is 326. The van der Waals surface area contributed by atoms with Gasteiger partial charge in [0.1, 0.15) is 6.54 Å². The lowest BCUT2D eigenvalue weighted by molar-refractivity contribution is -0.149. The van der Waals surface area contributed by atoms with Gasteiger partial charge in [0, 0.05) is 13.6 Å². The first-order valence-corrected chi connectivity index (χ1v) is 5.79. The highest BCUT2D eigenvalue weighted by molar-refractivity contribution is 5.83. The van der Waals surface area contributed by atoms with E-state index in [-0.39, 0.29) is 13.1 Å². The van der Waals surface area contributed by atoms with Gasteiger partial charge in [-0.2, -0.15) is 0 Å². The fourth-order valence-electron chi connectivity index (χ4n) is 1.56. The maximum Gasteiger partial charge on any atom is 0.317 e. The van der Waals surface area contributed by atoms with Crippen molar-refractivity contribution in [3.05, 3.63) is 0 Å². The van der Waals surface area contributed by atoms with Gasteiger partial charge < -0.3 is 21.1 Å². The molecule has 0 aliphatic rings. The van der Waals surface area contributed by atoms with Crippen LogP contribution in [0.25, 0.3) is 0 Å². The predicted molar refractivity (Wildman–Crippen MR) is 65.9 cm³/mol. The van der Waals surface area contributed by atoms with Crippen LogP contribution in [0.5, 0.6) is 0 Å². The van der Waals surface area contributed by atoms with Crippen molar-refractivity contribution >= 4 is 17.9 Å². The van der Waals surface area contributed by atoms with E-state index < -0.39 is 23.3 Å². The molecule has 0 aromatic rings. The van der Waals surface area contributed by atoms with Crippen molar-refractivity contribution in [2.45, 2.75) is 26.7 Å². The predicted octanol–water partition coefficient (Wildman–Crippen LogP) is 0.00410. The van der Waals surface area contributed by atoms with E-state index in [2.05, 4.69) is 5.32 Å². The number of likely N-dealkylation sites (N-methyl/N-ethyl adjacent to an activating group) is 1. The lowest BCUT2D eigenvalue weighted by Crippen LogP contribution is -2.47. The van der Waals surface area contributed by atoms with Crippen LogP contribution in [0.3, 0.4) is 0 Å². The monoisotopic (exact) mass is 259 g/mol. The summed E-state index contributed by atoms with van der Waals surface area (Å²) in [7, 11) is 1.42. The topological polar surface area (TPSA) is 113 Å². The van der Waals surface area contributed by atoms with E-state index in [9.17, 15) is 19.5 Å². The summed E-state index contributed by atoms with van der Waals surface area (Å²) in [5.74, 6) is -1.56. The number of rotatable bonds is 7. The minimum absolute atomic E-state index is 0.0251. The van der Waals surface area contributed by atoms with Crippen molar-refractivity contribution in [2.75, 3.05) is 20.1 Å². The summed E-state index contributed by atoms with van der Waals surface area (Å²) in [6, 6.07) is -0.513. The Hall–Kier alpha value is -1.79. The molecular weight excluding hydrogens is 238 g/mol. The quantitative estimate of drug-likeness (QED) is 0.597. The third-order valence-corrected chi connectivity index (χ3v) is 3.12. The second kappa shape index (κ2) is 6.83. The van der Waals surface area contributed by atoms with Crippen LogP contribution < -0.4 is 11.1 Å². The number of nitrogens with one attached hydrogen (secondary N) is 1. The standard InChI is InChI=1S/C11H21N3O4/c1-4-11(5-2,9(16)17)7-13-10(18)14(3)6-8(12)15/h4-7H2,1-3H3,(H2,12,15)(H,13,18)(H,16,17). The molecule has 0 aliphatic carbocycles. The Morgan fingerprint density at radius 3 is 2.11 bits per heavy atom. The van der Waals surface area contributed by atoms with E-state index in [4.69, 9.17) is 5.73 Å². The highest BCUT2D eigenvalue weighted by atomic mass is 16.4. The van der Waals surface area contributed by atoms with Crippen molar-refractivity contribution in [3.8, 4) is 0 Å². The lowest BCUT2D eigenvalue weighted by Gasteiger charge is -2.28. The molecule has 0 saturated heterocycles. The van der Waals surface area contributed by atoms with Crippen LogP contribution in [0.1, 0.15) is 26.7 Å². The third-order valence-electron chi connectivity index (χ3n) is 3.12. The molecule has 0 aromatic carbocycles. The van der Waals surface area contributed by atoms with E-state index in [1.54, 1.807) is 13.8 Å². The molecule has 0 radical (unpaired) electrons. The summed E-state index contributed by atoms with van der Waals surface area (Å²) in [6.45, 7) is 3.34. The summed E-state index contributed by atoms with van der Waals surface area (Å²) in [5, 5.41) is 11.7. The lowest BCUT2D eigenvalue weighted by atomic mass is 9.82. The largest absolute Gasteiger partial charge is 0.481 e. The Balaban J connectivity index is 4.49. The fraction of sp³-hybridized carbons (Fsp3) is 0.727. The molecule has 7 heteroatoms. The Morgan fingerprint density at radius 1 is 1.28 bits per heavy atom. The number of carboxylic acids is 1. The number of nitrogens with two attached hydrogens (primary N) is 1. The first-order chi connectivity index (χ1) is 8.29. The molecule has 0 aliphatic heterocycles. The highest BCUT2D eigenvalue weighted by Gasteiger charge is 2.35. The van der Waals surface area contributed by atoms with Gasteiger partial charge in [-0.05, 0) is 12.8 Å². The SMILES string of the molecule is CCC(CC)(CNC(=O)N(C)CC(N)=O)C(=O)O. The van der Waals surface area contributed by atoms with Crippen LogP contribution in [0.15, 0.2) is 0 Å². The van der Waals surface area contributed by atoms with E-state index in [0.717, 1.165) is 4.90 Å².